The van der Waals surface area contributed by atoms with Crippen LogP contribution >= 0.6 is 34.4 Å². The van der Waals surface area contributed by atoms with E-state index in [9.17, 15) is 4.79 Å². The molecule has 0 aliphatic carbocycles. The Morgan fingerprint density at radius 3 is 3.00 bits per heavy atom. The van der Waals surface area contributed by atoms with E-state index < -0.39 is 0 Å². The van der Waals surface area contributed by atoms with Crippen LogP contribution in [0.4, 0.5) is 0 Å². The van der Waals surface area contributed by atoms with Crippen LogP contribution in [0, 0.1) is 3.70 Å². The second-order valence-corrected chi connectivity index (χ2v) is 4.43. The molecule has 4 nitrogen and oxygen atoms in total. The molecule has 0 atom stereocenters. The van der Waals surface area contributed by atoms with E-state index in [-0.39, 0.29) is 5.56 Å². The molecule has 6 heteroatoms. The highest BCUT2D eigenvalue weighted by molar-refractivity contribution is 14.1. The van der Waals surface area contributed by atoms with Gasteiger partial charge >= 0.3 is 0 Å². The molecule has 14 heavy (non-hydrogen) atoms. The van der Waals surface area contributed by atoms with E-state index in [4.69, 9.17) is 4.74 Å². The van der Waals surface area contributed by atoms with E-state index in [1.54, 1.807) is 7.11 Å². The fourth-order valence-electron chi connectivity index (χ4n) is 0.999. The van der Waals surface area contributed by atoms with Crippen molar-refractivity contribution in [2.75, 3.05) is 20.0 Å². The first-order valence-electron chi connectivity index (χ1n) is 3.99. The summed E-state index contributed by atoms with van der Waals surface area (Å²) in [5.74, 6) is 0. The summed E-state index contributed by atoms with van der Waals surface area (Å²) >= 11 is 3.59. The van der Waals surface area contributed by atoms with Crippen LogP contribution in [-0.4, -0.2) is 29.5 Å². The molecule has 0 radical (unpaired) electrons. The van der Waals surface area contributed by atoms with Gasteiger partial charge in [-0.2, -0.15) is 4.98 Å². The van der Waals surface area contributed by atoms with Crippen molar-refractivity contribution in [2.45, 2.75) is 11.7 Å². The first-order chi connectivity index (χ1) is 6.69. The van der Waals surface area contributed by atoms with Gasteiger partial charge in [-0.25, -0.2) is 0 Å². The van der Waals surface area contributed by atoms with Crippen molar-refractivity contribution in [3.63, 3.8) is 0 Å². The minimum atomic E-state index is -0.188. The molecule has 0 fully saturated rings. The van der Waals surface area contributed by atoms with Crippen LogP contribution in [0.2, 0.25) is 0 Å². The lowest BCUT2D eigenvalue weighted by atomic mass is 10.6. The zero-order valence-electron chi connectivity index (χ0n) is 7.99. The SMILES string of the molecule is COCCn1c(I)cc(=O)nc1SC. The van der Waals surface area contributed by atoms with Crippen molar-refractivity contribution in [1.82, 2.24) is 9.55 Å². The molecule has 1 aromatic heterocycles. The molecule has 0 unspecified atom stereocenters. The van der Waals surface area contributed by atoms with Gasteiger partial charge < -0.3 is 9.30 Å². The number of methoxy groups -OCH3 is 1. The highest BCUT2D eigenvalue weighted by Crippen LogP contribution is 2.13. The van der Waals surface area contributed by atoms with Crippen molar-refractivity contribution < 1.29 is 4.74 Å². The summed E-state index contributed by atoms with van der Waals surface area (Å²) in [6.45, 7) is 1.34. The lowest BCUT2D eigenvalue weighted by Gasteiger charge is -2.11. The summed E-state index contributed by atoms with van der Waals surface area (Å²) in [6.07, 6.45) is 1.90. The molecule has 0 N–H and O–H groups in total. The largest absolute Gasteiger partial charge is 0.383 e. The third-order valence-corrected chi connectivity index (χ3v) is 3.21. The van der Waals surface area contributed by atoms with Crippen molar-refractivity contribution in [2.24, 2.45) is 0 Å². The summed E-state index contributed by atoms with van der Waals surface area (Å²) in [7, 11) is 1.65. The Hall–Kier alpha value is -0.0800. The van der Waals surface area contributed by atoms with Crippen molar-refractivity contribution in [1.29, 1.82) is 0 Å². The van der Waals surface area contributed by atoms with Gasteiger partial charge in [-0.1, -0.05) is 11.8 Å². The average molecular weight is 326 g/mol. The molecule has 0 amide bonds. The van der Waals surface area contributed by atoms with Crippen LogP contribution in [0.3, 0.4) is 0 Å². The molecule has 1 aromatic rings. The van der Waals surface area contributed by atoms with Crippen LogP contribution in [0.15, 0.2) is 16.0 Å². The average Bonchev–Trinajstić information content (AvgIpc) is 2.15. The Labute approximate surface area is 100 Å². The number of hydrogen-bond donors (Lipinski definition) is 0. The smallest absolute Gasteiger partial charge is 0.274 e. The third kappa shape index (κ3) is 2.96. The van der Waals surface area contributed by atoms with Crippen molar-refractivity contribution >= 4 is 34.4 Å². The van der Waals surface area contributed by atoms with Crippen LogP contribution < -0.4 is 5.56 Å². The number of ether oxygens (including phenoxy) is 1. The van der Waals surface area contributed by atoms with Crippen LogP contribution in [-0.2, 0) is 11.3 Å². The molecule has 78 valence electrons. The van der Waals surface area contributed by atoms with E-state index in [2.05, 4.69) is 27.6 Å². The maximum atomic E-state index is 11.1. The predicted octanol–water partition coefficient (Wildman–Crippen LogP) is 1.22. The molecule has 0 aliphatic rings. The number of aromatic nitrogens is 2. The molecule has 0 saturated heterocycles. The summed E-state index contributed by atoms with van der Waals surface area (Å²) in [4.78, 5) is 15.0. The summed E-state index contributed by atoms with van der Waals surface area (Å²) in [5.41, 5.74) is -0.188. The van der Waals surface area contributed by atoms with Gasteiger partial charge in [-0.15, -0.1) is 0 Å². The van der Waals surface area contributed by atoms with E-state index in [1.807, 2.05) is 10.8 Å². The maximum Gasteiger partial charge on any atom is 0.274 e. The molecule has 1 rings (SSSR count). The monoisotopic (exact) mass is 326 g/mol. The number of nitrogens with zero attached hydrogens (tertiary/aromatic N) is 2. The Bertz CT molecular complexity index is 367. The second-order valence-electron chi connectivity index (χ2n) is 2.55. The van der Waals surface area contributed by atoms with E-state index in [0.29, 0.717) is 6.61 Å². The summed E-state index contributed by atoms with van der Waals surface area (Å²) in [6, 6.07) is 1.52. The number of rotatable bonds is 4. The third-order valence-electron chi connectivity index (χ3n) is 1.64. The Morgan fingerprint density at radius 1 is 1.71 bits per heavy atom. The van der Waals surface area contributed by atoms with Gasteiger partial charge in [0.15, 0.2) is 5.16 Å². The van der Waals surface area contributed by atoms with Gasteiger partial charge in [0.25, 0.3) is 5.56 Å². The highest BCUT2D eigenvalue weighted by Gasteiger charge is 2.05. The topological polar surface area (TPSA) is 44.1 Å². The highest BCUT2D eigenvalue weighted by atomic mass is 127. The van der Waals surface area contributed by atoms with Crippen molar-refractivity contribution in [3.05, 3.63) is 20.1 Å². The summed E-state index contributed by atoms with van der Waals surface area (Å²) in [5, 5.41) is 0.735. The van der Waals surface area contributed by atoms with Gasteiger partial charge in [0.05, 0.1) is 10.3 Å². The van der Waals surface area contributed by atoms with Gasteiger partial charge in [0.1, 0.15) is 0 Å². The van der Waals surface area contributed by atoms with Gasteiger partial charge in [0.2, 0.25) is 0 Å². The molecule has 0 bridgehead atoms. The van der Waals surface area contributed by atoms with Crippen LogP contribution in [0.5, 0.6) is 0 Å². The van der Waals surface area contributed by atoms with Crippen LogP contribution in [0.1, 0.15) is 0 Å². The normalized spacial score (nSPS) is 10.5. The first kappa shape index (κ1) is 12.0. The fraction of sp³-hybridized carbons (Fsp3) is 0.500. The fourth-order valence-corrected chi connectivity index (χ4v) is 2.49. The number of hydrogen-bond acceptors (Lipinski definition) is 4. The molecule has 0 aromatic carbocycles. The second kappa shape index (κ2) is 5.72. The zero-order valence-corrected chi connectivity index (χ0v) is 11.0. The van der Waals surface area contributed by atoms with E-state index >= 15 is 0 Å². The lowest BCUT2D eigenvalue weighted by Crippen LogP contribution is -2.18. The number of thioether (sulfide) groups is 1. The summed E-state index contributed by atoms with van der Waals surface area (Å²) < 4.78 is 7.85. The van der Waals surface area contributed by atoms with Gasteiger partial charge in [-0.3, -0.25) is 4.79 Å². The molecule has 0 saturated carbocycles. The standard InChI is InChI=1S/C8H11IN2O2S/c1-13-4-3-11-6(9)5-7(12)10-8(11)14-2/h5H,3-4H2,1-2H3. The van der Waals surface area contributed by atoms with Gasteiger partial charge in [-0.05, 0) is 28.8 Å². The van der Waals surface area contributed by atoms with Crippen molar-refractivity contribution in [3.8, 4) is 0 Å². The minimum absolute atomic E-state index is 0.188. The Morgan fingerprint density at radius 2 is 2.43 bits per heavy atom. The van der Waals surface area contributed by atoms with Gasteiger partial charge in [0, 0.05) is 19.7 Å². The minimum Gasteiger partial charge on any atom is -0.383 e. The number of halogens is 1. The van der Waals surface area contributed by atoms with Crippen LogP contribution in [0.25, 0.3) is 0 Å². The molecular weight excluding hydrogens is 315 g/mol. The molecule has 0 aliphatic heterocycles. The molecule has 0 spiro atoms. The molecule has 1 heterocycles. The Balaban J connectivity index is 3.05. The van der Waals surface area contributed by atoms with E-state index in [1.165, 1.54) is 17.8 Å². The predicted molar refractivity (Wildman–Crippen MR) is 64.9 cm³/mol. The quantitative estimate of drug-likeness (QED) is 0.361. The zero-order chi connectivity index (χ0) is 10.6. The Kier molecular flexibility index (Phi) is 4.90. The van der Waals surface area contributed by atoms with E-state index in [0.717, 1.165) is 15.4 Å². The first-order valence-corrected chi connectivity index (χ1v) is 6.29. The molecular formula is C8H11IN2O2S. The lowest BCUT2D eigenvalue weighted by molar-refractivity contribution is 0.183. The maximum absolute atomic E-state index is 11.1.